The van der Waals surface area contributed by atoms with Crippen LogP contribution in [0.2, 0.25) is 0 Å². The van der Waals surface area contributed by atoms with Crippen LogP contribution in [0.4, 0.5) is 18.9 Å². The van der Waals surface area contributed by atoms with E-state index in [1.807, 2.05) is 0 Å². The summed E-state index contributed by atoms with van der Waals surface area (Å²) in [5.41, 5.74) is 1.81. The molecule has 8 heteroatoms. The topological polar surface area (TPSA) is 64.0 Å². The smallest absolute Gasteiger partial charge is 0.322 e. The Morgan fingerprint density at radius 1 is 1.00 bits per heavy atom. The average Bonchev–Trinajstić information content (AvgIpc) is 3.14. The van der Waals surface area contributed by atoms with Crippen LogP contribution in [0.25, 0.3) is 5.69 Å². The first kappa shape index (κ1) is 20.8. The minimum atomic E-state index is -4.50. The minimum absolute atomic E-state index is 0.110. The van der Waals surface area contributed by atoms with Crippen LogP contribution < -0.4 is 5.32 Å². The number of nitrogens with zero attached hydrogens (tertiary/aromatic N) is 2. The van der Waals surface area contributed by atoms with Gasteiger partial charge in [0.15, 0.2) is 11.5 Å². The summed E-state index contributed by atoms with van der Waals surface area (Å²) in [7, 11) is 0. The van der Waals surface area contributed by atoms with E-state index >= 15 is 0 Å². The first-order valence-corrected chi connectivity index (χ1v) is 9.95. The number of fused-ring (bicyclic) bond motifs is 1. The van der Waals surface area contributed by atoms with Crippen molar-refractivity contribution in [3.63, 3.8) is 0 Å². The van der Waals surface area contributed by atoms with Gasteiger partial charge in [-0.05, 0) is 69.0 Å². The van der Waals surface area contributed by atoms with E-state index in [4.69, 9.17) is 0 Å². The molecular formula is C23H20F3N3O2. The number of alkyl halides is 3. The Kier molecular flexibility index (Phi) is 5.39. The van der Waals surface area contributed by atoms with E-state index < -0.39 is 11.9 Å². The van der Waals surface area contributed by atoms with Crippen molar-refractivity contribution in [1.82, 2.24) is 9.78 Å². The standard InChI is InChI=1S/C23H20F3N3O2/c1-14(30)16-5-4-6-17(13-16)27-22(31)15-9-11-18(12-10-15)29-20-8-3-2-7-19(20)21(28-29)23(24,25)26/h4-6,9-13H,2-3,7-8H2,1H3,(H,27,31). The average molecular weight is 427 g/mol. The zero-order chi connectivity index (χ0) is 22.2. The Morgan fingerprint density at radius 3 is 2.39 bits per heavy atom. The van der Waals surface area contributed by atoms with Gasteiger partial charge in [0, 0.05) is 28.1 Å². The van der Waals surface area contributed by atoms with Crippen molar-refractivity contribution in [3.8, 4) is 5.69 Å². The minimum Gasteiger partial charge on any atom is -0.322 e. The fourth-order valence-electron chi connectivity index (χ4n) is 3.81. The van der Waals surface area contributed by atoms with Crippen molar-refractivity contribution in [2.75, 3.05) is 5.32 Å². The molecule has 1 aliphatic carbocycles. The molecule has 3 aromatic rings. The predicted octanol–water partition coefficient (Wildman–Crippen LogP) is 5.22. The molecule has 1 aromatic heterocycles. The van der Waals surface area contributed by atoms with Gasteiger partial charge in [-0.15, -0.1) is 0 Å². The van der Waals surface area contributed by atoms with Gasteiger partial charge in [-0.3, -0.25) is 9.59 Å². The Bertz CT molecular complexity index is 1150. The van der Waals surface area contributed by atoms with Crippen LogP contribution in [0.1, 0.15) is 57.4 Å². The highest BCUT2D eigenvalue weighted by molar-refractivity contribution is 6.05. The molecule has 0 atom stereocenters. The molecule has 0 aliphatic heterocycles. The van der Waals surface area contributed by atoms with Gasteiger partial charge in [0.1, 0.15) is 0 Å². The molecule has 1 heterocycles. The summed E-state index contributed by atoms with van der Waals surface area (Å²) >= 11 is 0. The van der Waals surface area contributed by atoms with Gasteiger partial charge in [-0.2, -0.15) is 18.3 Å². The second-order valence-electron chi connectivity index (χ2n) is 7.53. The van der Waals surface area contributed by atoms with Crippen LogP contribution in [-0.2, 0) is 19.0 Å². The lowest BCUT2D eigenvalue weighted by atomic mass is 9.95. The second kappa shape index (κ2) is 8.02. The van der Waals surface area contributed by atoms with E-state index in [1.54, 1.807) is 48.5 Å². The van der Waals surface area contributed by atoms with Crippen LogP contribution in [0.5, 0.6) is 0 Å². The Labute approximate surface area is 176 Å². The number of hydrogen-bond donors (Lipinski definition) is 1. The summed E-state index contributed by atoms with van der Waals surface area (Å²) in [6.07, 6.45) is -2.07. The number of anilines is 1. The summed E-state index contributed by atoms with van der Waals surface area (Å²) in [5, 5.41) is 6.59. The molecule has 2 aromatic carbocycles. The maximum atomic E-state index is 13.4. The number of amides is 1. The van der Waals surface area contributed by atoms with Gasteiger partial charge in [0.2, 0.25) is 0 Å². The fourth-order valence-corrected chi connectivity index (χ4v) is 3.81. The molecule has 160 valence electrons. The van der Waals surface area contributed by atoms with Crippen LogP contribution >= 0.6 is 0 Å². The molecule has 0 fully saturated rings. The summed E-state index contributed by atoms with van der Waals surface area (Å²) < 4.78 is 41.6. The SMILES string of the molecule is CC(=O)c1cccc(NC(=O)c2ccc(-n3nc(C(F)(F)F)c4c3CCCC4)cc2)c1. The van der Waals surface area contributed by atoms with Crippen LogP contribution in [0.15, 0.2) is 48.5 Å². The van der Waals surface area contributed by atoms with Gasteiger partial charge in [0.05, 0.1) is 5.69 Å². The molecule has 31 heavy (non-hydrogen) atoms. The molecule has 0 radical (unpaired) electrons. The molecule has 0 bridgehead atoms. The monoisotopic (exact) mass is 427 g/mol. The van der Waals surface area contributed by atoms with Crippen molar-refractivity contribution < 1.29 is 22.8 Å². The summed E-state index contributed by atoms with van der Waals surface area (Å²) in [6.45, 7) is 1.44. The van der Waals surface area contributed by atoms with E-state index in [-0.39, 0.29) is 17.3 Å². The number of hydrogen-bond acceptors (Lipinski definition) is 3. The Hall–Kier alpha value is -3.42. The molecule has 1 amide bonds. The largest absolute Gasteiger partial charge is 0.435 e. The van der Waals surface area contributed by atoms with E-state index in [1.165, 1.54) is 11.6 Å². The van der Waals surface area contributed by atoms with Crippen molar-refractivity contribution in [2.45, 2.75) is 38.8 Å². The number of halogens is 3. The third-order valence-corrected chi connectivity index (χ3v) is 5.35. The van der Waals surface area contributed by atoms with Crippen LogP contribution in [-0.4, -0.2) is 21.5 Å². The number of carbonyl (C=O) groups excluding carboxylic acids is 2. The number of carbonyl (C=O) groups is 2. The van der Waals surface area contributed by atoms with Gasteiger partial charge in [-0.1, -0.05) is 12.1 Å². The third kappa shape index (κ3) is 4.23. The molecule has 0 unspecified atom stereocenters. The van der Waals surface area contributed by atoms with Gasteiger partial charge >= 0.3 is 6.18 Å². The molecule has 1 N–H and O–H groups in total. The van der Waals surface area contributed by atoms with Crippen molar-refractivity contribution in [3.05, 3.63) is 76.6 Å². The lowest BCUT2D eigenvalue weighted by Gasteiger charge is -2.15. The first-order chi connectivity index (χ1) is 14.7. The zero-order valence-electron chi connectivity index (χ0n) is 16.8. The molecule has 0 saturated heterocycles. The van der Waals surface area contributed by atoms with Crippen molar-refractivity contribution >= 4 is 17.4 Å². The lowest BCUT2D eigenvalue weighted by Crippen LogP contribution is -2.13. The number of aromatic nitrogens is 2. The number of ketones is 1. The highest BCUT2D eigenvalue weighted by Gasteiger charge is 2.39. The lowest BCUT2D eigenvalue weighted by molar-refractivity contribution is -0.142. The highest BCUT2D eigenvalue weighted by atomic mass is 19.4. The number of nitrogens with one attached hydrogen (secondary N) is 1. The summed E-state index contributed by atoms with van der Waals surface area (Å²) in [5.74, 6) is -0.494. The Morgan fingerprint density at radius 2 is 1.71 bits per heavy atom. The van der Waals surface area contributed by atoms with Crippen molar-refractivity contribution in [2.24, 2.45) is 0 Å². The third-order valence-electron chi connectivity index (χ3n) is 5.35. The number of Topliss-reactive ketones (excluding diaryl/α,β-unsaturated/α-hetero) is 1. The molecule has 5 nitrogen and oxygen atoms in total. The van der Waals surface area contributed by atoms with Gasteiger partial charge in [-0.25, -0.2) is 4.68 Å². The first-order valence-electron chi connectivity index (χ1n) is 9.95. The number of rotatable bonds is 4. The van der Waals surface area contributed by atoms with Crippen LogP contribution in [0, 0.1) is 0 Å². The quantitative estimate of drug-likeness (QED) is 0.581. The molecule has 1 aliphatic rings. The normalized spacial score (nSPS) is 13.5. The Balaban J connectivity index is 1.59. The fraction of sp³-hybridized carbons (Fsp3) is 0.261. The van der Waals surface area contributed by atoms with E-state index in [2.05, 4.69) is 10.4 Å². The zero-order valence-corrected chi connectivity index (χ0v) is 16.8. The van der Waals surface area contributed by atoms with Gasteiger partial charge < -0.3 is 5.32 Å². The predicted molar refractivity (Wildman–Crippen MR) is 110 cm³/mol. The molecule has 0 spiro atoms. The molecule has 0 saturated carbocycles. The van der Waals surface area contributed by atoms with Crippen LogP contribution in [0.3, 0.4) is 0 Å². The maximum absolute atomic E-state index is 13.4. The van der Waals surface area contributed by atoms with E-state index in [9.17, 15) is 22.8 Å². The van der Waals surface area contributed by atoms with E-state index in [0.717, 1.165) is 6.42 Å². The number of benzene rings is 2. The van der Waals surface area contributed by atoms with E-state index in [0.29, 0.717) is 47.5 Å². The summed E-state index contributed by atoms with van der Waals surface area (Å²) in [6, 6.07) is 12.9. The van der Waals surface area contributed by atoms with Crippen molar-refractivity contribution in [1.29, 1.82) is 0 Å². The highest BCUT2D eigenvalue weighted by Crippen LogP contribution is 2.36. The van der Waals surface area contributed by atoms with Gasteiger partial charge in [0.25, 0.3) is 5.91 Å². The molecule has 4 rings (SSSR count). The second-order valence-corrected chi connectivity index (χ2v) is 7.53. The molecular weight excluding hydrogens is 407 g/mol. The maximum Gasteiger partial charge on any atom is 0.435 e. The summed E-state index contributed by atoms with van der Waals surface area (Å²) in [4.78, 5) is 24.0.